The molecule has 0 atom stereocenters. The van der Waals surface area contributed by atoms with Crippen LogP contribution in [0.2, 0.25) is 0 Å². The first-order valence-electron chi connectivity index (χ1n) is 11.5. The minimum atomic E-state index is -0.257. The number of rotatable bonds is 4. The lowest BCUT2D eigenvalue weighted by atomic mass is 10.2. The van der Waals surface area contributed by atoms with E-state index in [1.807, 2.05) is 80.6 Å². The molecule has 6 nitrogen and oxygen atoms in total. The Morgan fingerprint density at radius 2 is 1.69 bits per heavy atom. The number of hydrogen-bond donors (Lipinski definition) is 0. The van der Waals surface area contributed by atoms with Gasteiger partial charge in [0.1, 0.15) is 5.58 Å². The van der Waals surface area contributed by atoms with Crippen LogP contribution in [0, 0.1) is 13.8 Å². The number of benzene rings is 3. The maximum absolute atomic E-state index is 13.5. The summed E-state index contributed by atoms with van der Waals surface area (Å²) >= 11 is 3.65. The molecule has 6 rings (SSSR count). The van der Waals surface area contributed by atoms with E-state index in [1.165, 1.54) is 4.68 Å². The molecule has 0 aliphatic heterocycles. The van der Waals surface area contributed by atoms with Crippen LogP contribution >= 0.6 is 15.9 Å². The third-order valence-corrected chi connectivity index (χ3v) is 6.95. The summed E-state index contributed by atoms with van der Waals surface area (Å²) in [6.07, 6.45) is 1.71. The molecule has 3 aromatic carbocycles. The summed E-state index contributed by atoms with van der Waals surface area (Å²) in [6, 6.07) is 27.0. The van der Waals surface area contributed by atoms with E-state index in [1.54, 1.807) is 12.3 Å². The van der Waals surface area contributed by atoms with Crippen LogP contribution in [0.3, 0.4) is 0 Å². The zero-order valence-electron chi connectivity index (χ0n) is 19.6. The lowest BCUT2D eigenvalue weighted by molar-refractivity contribution is 0.616. The zero-order chi connectivity index (χ0) is 24.8. The van der Waals surface area contributed by atoms with Crippen molar-refractivity contribution in [3.63, 3.8) is 0 Å². The van der Waals surface area contributed by atoms with E-state index in [-0.39, 0.29) is 5.56 Å². The summed E-state index contributed by atoms with van der Waals surface area (Å²) in [7, 11) is 0. The molecule has 0 fully saturated rings. The zero-order valence-corrected chi connectivity index (χ0v) is 21.2. The van der Waals surface area contributed by atoms with Crippen molar-refractivity contribution in [1.29, 1.82) is 0 Å². The highest BCUT2D eigenvalue weighted by atomic mass is 79.9. The Kier molecular flexibility index (Phi) is 5.42. The van der Waals surface area contributed by atoms with Crippen LogP contribution < -0.4 is 5.56 Å². The predicted octanol–water partition coefficient (Wildman–Crippen LogP) is 6.86. The van der Waals surface area contributed by atoms with Crippen molar-refractivity contribution in [2.45, 2.75) is 13.8 Å². The van der Waals surface area contributed by atoms with Gasteiger partial charge in [0.15, 0.2) is 5.76 Å². The molecule has 0 aliphatic rings. The number of fused-ring (bicyclic) bond motifs is 2. The minimum absolute atomic E-state index is 0.257. The standard InChI is InChI=1S/C29H21BrN4O2/c1-18-15-21(19(2)33(18)25-13-7-5-11-23(25)30)17-31-34-28(27-16-20-9-3-8-14-26(20)36-27)32-24-12-6-4-10-22(24)29(34)35/h3-17H,1-2H3. The topological polar surface area (TPSA) is 65.3 Å². The molecule has 0 N–H and O–H groups in total. The van der Waals surface area contributed by atoms with Crippen LogP contribution in [0.5, 0.6) is 0 Å². The Morgan fingerprint density at radius 3 is 2.53 bits per heavy atom. The molecule has 0 saturated carbocycles. The normalized spacial score (nSPS) is 11.8. The van der Waals surface area contributed by atoms with Crippen molar-refractivity contribution >= 4 is 44.0 Å². The maximum Gasteiger partial charge on any atom is 0.282 e. The fourth-order valence-electron chi connectivity index (χ4n) is 4.52. The van der Waals surface area contributed by atoms with E-state index < -0.39 is 0 Å². The van der Waals surface area contributed by atoms with Gasteiger partial charge >= 0.3 is 0 Å². The predicted molar refractivity (Wildman–Crippen MR) is 147 cm³/mol. The maximum atomic E-state index is 13.5. The lowest BCUT2D eigenvalue weighted by Crippen LogP contribution is -2.20. The number of aromatic nitrogens is 3. The van der Waals surface area contributed by atoms with E-state index >= 15 is 0 Å². The second kappa shape index (κ2) is 8.77. The molecule has 0 aliphatic carbocycles. The summed E-state index contributed by atoms with van der Waals surface area (Å²) < 4.78 is 10.5. The van der Waals surface area contributed by atoms with Gasteiger partial charge in [0.05, 0.1) is 22.8 Å². The van der Waals surface area contributed by atoms with Crippen LogP contribution in [0.4, 0.5) is 0 Å². The van der Waals surface area contributed by atoms with Gasteiger partial charge in [0.2, 0.25) is 5.82 Å². The number of halogens is 1. The Hall–Kier alpha value is -4.23. The molecule has 0 saturated heterocycles. The van der Waals surface area contributed by atoms with Gasteiger partial charge in [-0.25, -0.2) is 4.98 Å². The smallest absolute Gasteiger partial charge is 0.282 e. The fourth-order valence-corrected chi connectivity index (χ4v) is 4.99. The van der Waals surface area contributed by atoms with Crippen LogP contribution in [-0.2, 0) is 0 Å². The summed E-state index contributed by atoms with van der Waals surface area (Å²) in [6.45, 7) is 4.09. The van der Waals surface area contributed by atoms with Gasteiger partial charge in [0, 0.05) is 26.8 Å². The Morgan fingerprint density at radius 1 is 0.944 bits per heavy atom. The molecule has 0 unspecified atom stereocenters. The monoisotopic (exact) mass is 536 g/mol. The quantitative estimate of drug-likeness (QED) is 0.231. The third kappa shape index (κ3) is 3.69. The van der Waals surface area contributed by atoms with E-state index in [0.717, 1.165) is 38.1 Å². The van der Waals surface area contributed by atoms with Crippen molar-refractivity contribution in [2.24, 2.45) is 5.10 Å². The van der Waals surface area contributed by atoms with Crippen molar-refractivity contribution in [3.8, 4) is 17.3 Å². The highest BCUT2D eigenvalue weighted by molar-refractivity contribution is 9.10. The Balaban J connectivity index is 1.53. The molecular weight excluding hydrogens is 516 g/mol. The van der Waals surface area contributed by atoms with Crippen molar-refractivity contribution in [2.75, 3.05) is 0 Å². The molecule has 0 radical (unpaired) electrons. The van der Waals surface area contributed by atoms with E-state index in [4.69, 9.17) is 9.40 Å². The highest BCUT2D eigenvalue weighted by Crippen LogP contribution is 2.28. The number of para-hydroxylation sites is 3. The average Bonchev–Trinajstić information content (AvgIpc) is 3.44. The molecular formula is C29H21BrN4O2. The van der Waals surface area contributed by atoms with Crippen LogP contribution in [0.15, 0.2) is 104 Å². The van der Waals surface area contributed by atoms with Crippen LogP contribution in [0.1, 0.15) is 17.0 Å². The number of aryl methyl sites for hydroxylation is 1. The molecule has 0 spiro atoms. The first kappa shape index (κ1) is 22.2. The van der Waals surface area contributed by atoms with Gasteiger partial charge in [0.25, 0.3) is 5.56 Å². The van der Waals surface area contributed by atoms with Crippen molar-refractivity contribution < 1.29 is 4.42 Å². The van der Waals surface area contributed by atoms with Gasteiger partial charge in [-0.1, -0.05) is 42.5 Å². The summed E-state index contributed by atoms with van der Waals surface area (Å²) in [5.74, 6) is 0.834. The van der Waals surface area contributed by atoms with E-state index in [0.29, 0.717) is 22.5 Å². The highest BCUT2D eigenvalue weighted by Gasteiger charge is 2.17. The largest absolute Gasteiger partial charge is 0.453 e. The van der Waals surface area contributed by atoms with E-state index in [2.05, 4.69) is 37.7 Å². The second-order valence-electron chi connectivity index (χ2n) is 8.58. The first-order chi connectivity index (χ1) is 17.5. The molecule has 3 aromatic heterocycles. The molecule has 6 aromatic rings. The molecule has 3 heterocycles. The SMILES string of the molecule is Cc1cc(C=Nn2c(-c3cc4ccccc4o3)nc3ccccc3c2=O)c(C)n1-c1ccccc1Br. The fraction of sp³-hybridized carbons (Fsp3) is 0.0690. The minimum Gasteiger partial charge on any atom is -0.453 e. The van der Waals surface area contributed by atoms with E-state index in [9.17, 15) is 4.79 Å². The molecule has 176 valence electrons. The second-order valence-corrected chi connectivity index (χ2v) is 9.43. The van der Waals surface area contributed by atoms with Crippen molar-refractivity contribution in [1.82, 2.24) is 14.2 Å². The number of furan rings is 1. The number of hydrogen-bond acceptors (Lipinski definition) is 4. The summed E-state index contributed by atoms with van der Waals surface area (Å²) in [5.41, 5.74) is 5.07. The summed E-state index contributed by atoms with van der Waals surface area (Å²) in [4.78, 5) is 18.3. The Bertz CT molecular complexity index is 1830. The molecule has 7 heteroatoms. The van der Waals surface area contributed by atoms with Gasteiger partial charge in [-0.2, -0.15) is 9.78 Å². The average molecular weight is 537 g/mol. The van der Waals surface area contributed by atoms with Crippen LogP contribution in [0.25, 0.3) is 39.1 Å². The summed E-state index contributed by atoms with van der Waals surface area (Å²) in [5, 5.41) is 6.06. The molecule has 36 heavy (non-hydrogen) atoms. The van der Waals surface area contributed by atoms with Gasteiger partial charge in [-0.15, -0.1) is 0 Å². The Labute approximate surface area is 215 Å². The third-order valence-electron chi connectivity index (χ3n) is 6.28. The molecule has 0 amide bonds. The van der Waals surface area contributed by atoms with Gasteiger partial charge < -0.3 is 8.98 Å². The lowest BCUT2D eigenvalue weighted by Gasteiger charge is -2.11. The first-order valence-corrected chi connectivity index (χ1v) is 12.3. The van der Waals surface area contributed by atoms with Crippen LogP contribution in [-0.4, -0.2) is 20.4 Å². The van der Waals surface area contributed by atoms with Crippen molar-refractivity contribution in [3.05, 3.63) is 117 Å². The molecule has 0 bridgehead atoms. The number of nitrogens with zero attached hydrogens (tertiary/aromatic N) is 4. The van der Waals surface area contributed by atoms with Gasteiger partial charge in [-0.3, -0.25) is 4.79 Å². The van der Waals surface area contributed by atoms with Gasteiger partial charge in [-0.05, 0) is 72.2 Å².